The van der Waals surface area contributed by atoms with Gasteiger partial charge in [0.25, 0.3) is 0 Å². The number of hydrogen-bond donors (Lipinski definition) is 2. The van der Waals surface area contributed by atoms with Gasteiger partial charge in [-0.15, -0.1) is 0 Å². The molecule has 5 nitrogen and oxygen atoms in total. The van der Waals surface area contributed by atoms with E-state index in [9.17, 15) is 13.2 Å². The van der Waals surface area contributed by atoms with Gasteiger partial charge in [0.1, 0.15) is 9.84 Å². The Bertz CT molecular complexity index is 359. The first-order chi connectivity index (χ1) is 7.90. The molecule has 0 atom stereocenters. The van der Waals surface area contributed by atoms with Crippen molar-refractivity contribution in [1.82, 2.24) is 10.6 Å². The molecule has 0 aromatic carbocycles. The third-order valence-corrected chi connectivity index (χ3v) is 4.42. The Morgan fingerprint density at radius 2 is 1.94 bits per heavy atom. The predicted molar refractivity (Wildman–Crippen MR) is 67.5 cm³/mol. The zero-order valence-electron chi connectivity index (χ0n) is 10.6. The lowest BCUT2D eigenvalue weighted by Crippen LogP contribution is -2.48. The molecule has 2 N–H and O–H groups in total. The van der Waals surface area contributed by atoms with Gasteiger partial charge in [-0.25, -0.2) is 8.42 Å². The summed E-state index contributed by atoms with van der Waals surface area (Å²) in [4.78, 5) is 12.1. The maximum Gasteiger partial charge on any atom is 0.226 e. The average Bonchev–Trinajstić information content (AvgIpc) is 2.28. The minimum absolute atomic E-state index is 0.00477. The molecule has 0 aromatic rings. The summed E-state index contributed by atoms with van der Waals surface area (Å²) >= 11 is 0. The highest BCUT2D eigenvalue weighted by atomic mass is 32.2. The Hall–Kier alpha value is -0.620. The van der Waals surface area contributed by atoms with Gasteiger partial charge < -0.3 is 10.6 Å². The van der Waals surface area contributed by atoms with Crippen LogP contribution >= 0.6 is 0 Å². The van der Waals surface area contributed by atoms with Gasteiger partial charge in [-0.05, 0) is 32.4 Å². The van der Waals surface area contributed by atoms with Crippen molar-refractivity contribution in [1.29, 1.82) is 0 Å². The van der Waals surface area contributed by atoms with Crippen LogP contribution in [0.15, 0.2) is 0 Å². The zero-order chi connectivity index (χ0) is 12.9. The van der Waals surface area contributed by atoms with Gasteiger partial charge in [-0.3, -0.25) is 4.79 Å². The second kappa shape index (κ2) is 5.82. The quantitative estimate of drug-likeness (QED) is 0.727. The third-order valence-electron chi connectivity index (χ3n) is 3.48. The summed E-state index contributed by atoms with van der Waals surface area (Å²) in [6.07, 6.45) is 3.64. The van der Waals surface area contributed by atoms with Gasteiger partial charge in [-0.2, -0.15) is 0 Å². The zero-order valence-corrected chi connectivity index (χ0v) is 11.4. The fraction of sp³-hybridized carbons (Fsp3) is 0.909. The van der Waals surface area contributed by atoms with Crippen molar-refractivity contribution >= 4 is 15.7 Å². The van der Waals surface area contributed by atoms with E-state index in [1.54, 1.807) is 0 Å². The highest BCUT2D eigenvalue weighted by molar-refractivity contribution is 7.90. The molecule has 0 radical (unpaired) electrons. The normalized spacial score (nSPS) is 19.9. The highest BCUT2D eigenvalue weighted by Crippen LogP contribution is 2.32. The number of sulfone groups is 1. The van der Waals surface area contributed by atoms with Crippen molar-refractivity contribution in [2.75, 3.05) is 31.6 Å². The van der Waals surface area contributed by atoms with Crippen LogP contribution in [-0.4, -0.2) is 46.0 Å². The van der Waals surface area contributed by atoms with E-state index in [2.05, 4.69) is 10.6 Å². The van der Waals surface area contributed by atoms with Crippen LogP contribution in [-0.2, 0) is 14.6 Å². The van der Waals surface area contributed by atoms with Crippen LogP contribution in [0.25, 0.3) is 0 Å². The van der Waals surface area contributed by atoms with E-state index in [1.807, 2.05) is 6.92 Å². The lowest BCUT2D eigenvalue weighted by molar-refractivity contribution is -0.132. The van der Waals surface area contributed by atoms with E-state index in [4.69, 9.17) is 0 Å². The van der Waals surface area contributed by atoms with Crippen molar-refractivity contribution in [2.24, 2.45) is 5.41 Å². The molecule has 1 aliphatic heterocycles. The van der Waals surface area contributed by atoms with Crippen molar-refractivity contribution < 1.29 is 13.2 Å². The predicted octanol–water partition coefficient (Wildman–Crippen LogP) is -0.0730. The number of amides is 1. The monoisotopic (exact) mass is 262 g/mol. The smallest absolute Gasteiger partial charge is 0.226 e. The van der Waals surface area contributed by atoms with Crippen LogP contribution in [0.1, 0.15) is 26.2 Å². The summed E-state index contributed by atoms with van der Waals surface area (Å²) in [6.45, 7) is 3.94. The Labute approximate surface area is 103 Å². The molecular formula is C11H22N2O3S. The van der Waals surface area contributed by atoms with Crippen molar-refractivity contribution in [3.63, 3.8) is 0 Å². The molecule has 0 aliphatic carbocycles. The van der Waals surface area contributed by atoms with Crippen LogP contribution in [0.2, 0.25) is 0 Å². The van der Waals surface area contributed by atoms with Crippen LogP contribution in [0.5, 0.6) is 0 Å². The average molecular weight is 262 g/mol. The summed E-state index contributed by atoms with van der Waals surface area (Å²) in [6, 6.07) is 0. The summed E-state index contributed by atoms with van der Waals surface area (Å²) in [5, 5.41) is 5.99. The second-order valence-electron chi connectivity index (χ2n) is 4.77. The summed E-state index contributed by atoms with van der Waals surface area (Å²) in [5.74, 6) is 0.0155. The van der Waals surface area contributed by atoms with Crippen LogP contribution in [0.3, 0.4) is 0 Å². The van der Waals surface area contributed by atoms with E-state index in [0.717, 1.165) is 32.4 Å². The third kappa shape index (κ3) is 4.27. The first kappa shape index (κ1) is 14.4. The van der Waals surface area contributed by atoms with E-state index < -0.39 is 9.84 Å². The minimum Gasteiger partial charge on any atom is -0.355 e. The number of nitrogens with one attached hydrogen (secondary N) is 2. The molecule has 1 heterocycles. The van der Waals surface area contributed by atoms with Crippen molar-refractivity contribution in [2.45, 2.75) is 26.2 Å². The highest BCUT2D eigenvalue weighted by Gasteiger charge is 2.37. The van der Waals surface area contributed by atoms with E-state index in [0.29, 0.717) is 0 Å². The molecule has 1 rings (SSSR count). The number of piperidine rings is 1. The molecule has 1 saturated heterocycles. The fourth-order valence-electron chi connectivity index (χ4n) is 2.18. The van der Waals surface area contributed by atoms with Crippen molar-refractivity contribution in [3.8, 4) is 0 Å². The van der Waals surface area contributed by atoms with Crippen LogP contribution in [0, 0.1) is 5.41 Å². The summed E-state index contributed by atoms with van der Waals surface area (Å²) in [7, 11) is -3.00. The SMILES string of the molecule is CCC1(C(=O)NCCS(C)(=O)=O)CCNCC1. The first-order valence-electron chi connectivity index (χ1n) is 6.06. The van der Waals surface area contributed by atoms with Crippen LogP contribution < -0.4 is 10.6 Å². The second-order valence-corrected chi connectivity index (χ2v) is 7.03. The first-order valence-corrected chi connectivity index (χ1v) is 8.12. The minimum atomic E-state index is -3.00. The Kier molecular flexibility index (Phi) is 4.94. The summed E-state index contributed by atoms with van der Waals surface area (Å²) in [5.41, 5.74) is -0.303. The van der Waals surface area contributed by atoms with E-state index >= 15 is 0 Å². The molecule has 0 aromatic heterocycles. The van der Waals surface area contributed by atoms with Gasteiger partial charge >= 0.3 is 0 Å². The van der Waals surface area contributed by atoms with Gasteiger partial charge in [-0.1, -0.05) is 6.92 Å². The van der Waals surface area contributed by atoms with Gasteiger partial charge in [0.15, 0.2) is 0 Å². The number of hydrogen-bond acceptors (Lipinski definition) is 4. The Balaban J connectivity index is 2.49. The maximum atomic E-state index is 12.1. The van der Waals surface area contributed by atoms with Gasteiger partial charge in [0, 0.05) is 12.8 Å². The molecule has 6 heteroatoms. The molecule has 1 amide bonds. The van der Waals surface area contributed by atoms with E-state index in [1.165, 1.54) is 6.26 Å². The Morgan fingerprint density at radius 1 is 1.35 bits per heavy atom. The Morgan fingerprint density at radius 3 is 2.41 bits per heavy atom. The molecule has 0 unspecified atom stereocenters. The standard InChI is InChI=1S/C11H22N2O3S/c1-3-11(4-6-12-7-5-11)10(14)13-8-9-17(2,15)16/h12H,3-9H2,1-2H3,(H,13,14). The van der Waals surface area contributed by atoms with Crippen molar-refractivity contribution in [3.05, 3.63) is 0 Å². The molecule has 1 aliphatic rings. The summed E-state index contributed by atoms with van der Waals surface area (Å²) < 4.78 is 22.0. The number of rotatable bonds is 5. The van der Waals surface area contributed by atoms with Gasteiger partial charge in [0.05, 0.1) is 11.2 Å². The molecule has 100 valence electrons. The molecule has 0 spiro atoms. The molecular weight excluding hydrogens is 240 g/mol. The molecule has 17 heavy (non-hydrogen) atoms. The molecule has 0 bridgehead atoms. The largest absolute Gasteiger partial charge is 0.355 e. The topological polar surface area (TPSA) is 75.3 Å². The van der Waals surface area contributed by atoms with E-state index in [-0.39, 0.29) is 23.6 Å². The number of carbonyl (C=O) groups is 1. The lowest BCUT2D eigenvalue weighted by atomic mass is 9.76. The lowest BCUT2D eigenvalue weighted by Gasteiger charge is -2.35. The fourth-order valence-corrected chi connectivity index (χ4v) is 2.66. The van der Waals surface area contributed by atoms with Crippen LogP contribution in [0.4, 0.5) is 0 Å². The molecule has 0 saturated carbocycles. The number of carbonyl (C=O) groups excluding carboxylic acids is 1. The van der Waals surface area contributed by atoms with Gasteiger partial charge in [0.2, 0.25) is 5.91 Å². The maximum absolute atomic E-state index is 12.1. The molecule has 1 fully saturated rings.